The third-order valence-electron chi connectivity index (χ3n) is 4.65. The van der Waals surface area contributed by atoms with E-state index >= 15 is 0 Å². The van der Waals surface area contributed by atoms with E-state index in [1.807, 2.05) is 23.4 Å². The molecule has 1 aromatic rings. The molecule has 2 atom stereocenters. The van der Waals surface area contributed by atoms with Gasteiger partial charge in [0.05, 0.1) is 12.0 Å². The Balaban J connectivity index is 1.64. The maximum atomic E-state index is 12.7. The van der Waals surface area contributed by atoms with Crippen LogP contribution in [-0.2, 0) is 9.59 Å². The minimum absolute atomic E-state index is 0.0955. The van der Waals surface area contributed by atoms with Crippen molar-refractivity contribution in [2.45, 2.75) is 45.2 Å². The molecule has 2 unspecified atom stereocenters. The zero-order chi connectivity index (χ0) is 15.7. The summed E-state index contributed by atoms with van der Waals surface area (Å²) in [6.07, 6.45) is 5.55. The van der Waals surface area contributed by atoms with Crippen molar-refractivity contribution in [3.05, 3.63) is 12.7 Å². The van der Waals surface area contributed by atoms with E-state index in [1.54, 1.807) is 11.2 Å². The molecule has 1 aromatic heterocycles. The Morgan fingerprint density at radius 1 is 1.36 bits per heavy atom. The topological polar surface area (TPSA) is 71.3 Å². The number of piperidine rings is 1. The van der Waals surface area contributed by atoms with Gasteiger partial charge in [-0.2, -0.15) is 5.10 Å². The van der Waals surface area contributed by atoms with Crippen molar-refractivity contribution in [1.29, 1.82) is 0 Å². The van der Waals surface area contributed by atoms with Crippen LogP contribution in [0.3, 0.4) is 0 Å². The lowest BCUT2D eigenvalue weighted by molar-refractivity contribution is -0.137. The first-order chi connectivity index (χ1) is 10.6. The molecular weight excluding hydrogens is 282 g/mol. The third-order valence-corrected chi connectivity index (χ3v) is 4.65. The summed E-state index contributed by atoms with van der Waals surface area (Å²) in [5, 5.41) is 4.18. The van der Waals surface area contributed by atoms with Crippen molar-refractivity contribution >= 4 is 11.8 Å². The highest BCUT2D eigenvalue weighted by Gasteiger charge is 2.38. The standard InChI is InChI=1S/C15H23N5O2/c1-11(2)19-7-12(6-14(19)21)15(22)18-5-3-4-13(8-18)20-10-16-9-17-20/h9-13H,3-8H2,1-2H3. The van der Waals surface area contributed by atoms with Crippen molar-refractivity contribution in [2.75, 3.05) is 19.6 Å². The molecule has 0 radical (unpaired) electrons. The van der Waals surface area contributed by atoms with Gasteiger partial charge < -0.3 is 9.80 Å². The average Bonchev–Trinajstić information content (AvgIpc) is 3.16. The summed E-state index contributed by atoms with van der Waals surface area (Å²) in [6, 6.07) is 0.355. The lowest BCUT2D eigenvalue weighted by Gasteiger charge is -2.34. The number of rotatable bonds is 3. The summed E-state index contributed by atoms with van der Waals surface area (Å²) in [4.78, 5) is 32.4. The number of aromatic nitrogens is 3. The van der Waals surface area contributed by atoms with Crippen LogP contribution < -0.4 is 0 Å². The number of likely N-dealkylation sites (tertiary alicyclic amines) is 2. The van der Waals surface area contributed by atoms with Gasteiger partial charge in [-0.3, -0.25) is 9.59 Å². The minimum atomic E-state index is -0.190. The van der Waals surface area contributed by atoms with Crippen molar-refractivity contribution in [3.63, 3.8) is 0 Å². The molecule has 120 valence electrons. The first-order valence-corrected chi connectivity index (χ1v) is 7.98. The van der Waals surface area contributed by atoms with Gasteiger partial charge in [0.25, 0.3) is 0 Å². The van der Waals surface area contributed by atoms with Gasteiger partial charge in [-0.05, 0) is 26.7 Å². The molecule has 7 heteroatoms. The fourth-order valence-electron chi connectivity index (χ4n) is 3.43. The molecule has 0 N–H and O–H groups in total. The summed E-state index contributed by atoms with van der Waals surface area (Å²) in [5.41, 5.74) is 0. The van der Waals surface area contributed by atoms with E-state index in [9.17, 15) is 9.59 Å². The second kappa shape index (κ2) is 6.06. The Bertz CT molecular complexity index is 542. The van der Waals surface area contributed by atoms with E-state index in [1.165, 1.54) is 6.33 Å². The summed E-state index contributed by atoms with van der Waals surface area (Å²) in [6.45, 7) is 5.98. The first-order valence-electron chi connectivity index (χ1n) is 7.98. The molecule has 2 amide bonds. The molecule has 2 fully saturated rings. The van der Waals surface area contributed by atoms with Crippen LogP contribution in [0, 0.1) is 5.92 Å². The lowest BCUT2D eigenvalue weighted by atomic mass is 10.0. The van der Waals surface area contributed by atoms with E-state index in [2.05, 4.69) is 10.1 Å². The number of hydrogen-bond acceptors (Lipinski definition) is 4. The van der Waals surface area contributed by atoms with Gasteiger partial charge >= 0.3 is 0 Å². The highest BCUT2D eigenvalue weighted by atomic mass is 16.2. The van der Waals surface area contributed by atoms with Gasteiger partial charge in [0, 0.05) is 32.1 Å². The van der Waals surface area contributed by atoms with Crippen LogP contribution in [0.5, 0.6) is 0 Å². The second-order valence-corrected chi connectivity index (χ2v) is 6.50. The molecule has 3 rings (SSSR count). The SMILES string of the molecule is CC(C)N1CC(C(=O)N2CCCC(n3cncn3)C2)CC1=O. The van der Waals surface area contributed by atoms with E-state index in [0.29, 0.717) is 19.5 Å². The van der Waals surface area contributed by atoms with Crippen molar-refractivity contribution in [3.8, 4) is 0 Å². The molecule has 22 heavy (non-hydrogen) atoms. The lowest BCUT2D eigenvalue weighted by Crippen LogP contribution is -2.44. The molecule has 2 saturated heterocycles. The molecule has 0 saturated carbocycles. The van der Waals surface area contributed by atoms with Crippen LogP contribution in [0.4, 0.5) is 0 Å². The fraction of sp³-hybridized carbons (Fsp3) is 0.733. The van der Waals surface area contributed by atoms with Gasteiger partial charge in [-0.25, -0.2) is 9.67 Å². The Hall–Kier alpha value is -1.92. The molecular formula is C15H23N5O2. The third kappa shape index (κ3) is 2.84. The van der Waals surface area contributed by atoms with Gasteiger partial charge in [0.1, 0.15) is 12.7 Å². The summed E-state index contributed by atoms with van der Waals surface area (Å²) in [7, 11) is 0. The zero-order valence-electron chi connectivity index (χ0n) is 13.2. The first kappa shape index (κ1) is 15.0. The number of carbonyl (C=O) groups is 2. The van der Waals surface area contributed by atoms with Gasteiger partial charge in [0.15, 0.2) is 0 Å². The molecule has 2 aliphatic heterocycles. The van der Waals surface area contributed by atoms with Crippen LogP contribution in [-0.4, -0.2) is 62.1 Å². The number of carbonyl (C=O) groups excluding carboxylic acids is 2. The highest BCUT2D eigenvalue weighted by molar-refractivity contribution is 5.89. The van der Waals surface area contributed by atoms with E-state index < -0.39 is 0 Å². The highest BCUT2D eigenvalue weighted by Crippen LogP contribution is 2.26. The summed E-state index contributed by atoms with van der Waals surface area (Å²) < 4.78 is 1.83. The molecule has 0 bridgehead atoms. The van der Waals surface area contributed by atoms with Crippen LogP contribution in [0.25, 0.3) is 0 Å². The average molecular weight is 305 g/mol. The molecule has 3 heterocycles. The Kier molecular flexibility index (Phi) is 4.13. The van der Waals surface area contributed by atoms with Crippen LogP contribution in [0.1, 0.15) is 39.2 Å². The molecule has 0 aliphatic carbocycles. The van der Waals surface area contributed by atoms with Crippen LogP contribution in [0.2, 0.25) is 0 Å². The van der Waals surface area contributed by atoms with Gasteiger partial charge in [0.2, 0.25) is 11.8 Å². The number of nitrogens with zero attached hydrogens (tertiary/aromatic N) is 5. The quantitative estimate of drug-likeness (QED) is 0.824. The summed E-state index contributed by atoms with van der Waals surface area (Å²) >= 11 is 0. The smallest absolute Gasteiger partial charge is 0.228 e. The zero-order valence-corrected chi connectivity index (χ0v) is 13.2. The maximum absolute atomic E-state index is 12.7. The van der Waals surface area contributed by atoms with Crippen molar-refractivity contribution < 1.29 is 9.59 Å². The maximum Gasteiger partial charge on any atom is 0.228 e. The molecule has 0 spiro atoms. The Labute approximate surface area is 130 Å². The van der Waals surface area contributed by atoms with Crippen LogP contribution >= 0.6 is 0 Å². The summed E-state index contributed by atoms with van der Waals surface area (Å²) in [5.74, 6) is 0.0175. The predicted molar refractivity (Wildman–Crippen MR) is 79.8 cm³/mol. The van der Waals surface area contributed by atoms with E-state index in [4.69, 9.17) is 0 Å². The molecule has 2 aliphatic rings. The second-order valence-electron chi connectivity index (χ2n) is 6.50. The van der Waals surface area contributed by atoms with E-state index in [-0.39, 0.29) is 29.8 Å². The van der Waals surface area contributed by atoms with Crippen LogP contribution in [0.15, 0.2) is 12.7 Å². The Morgan fingerprint density at radius 2 is 2.18 bits per heavy atom. The molecule has 0 aromatic carbocycles. The number of hydrogen-bond donors (Lipinski definition) is 0. The Morgan fingerprint density at radius 3 is 2.82 bits per heavy atom. The monoisotopic (exact) mass is 305 g/mol. The largest absolute Gasteiger partial charge is 0.340 e. The van der Waals surface area contributed by atoms with Crippen molar-refractivity contribution in [2.24, 2.45) is 5.92 Å². The minimum Gasteiger partial charge on any atom is -0.340 e. The molecule has 7 nitrogen and oxygen atoms in total. The van der Waals surface area contributed by atoms with Crippen molar-refractivity contribution in [1.82, 2.24) is 24.6 Å². The van der Waals surface area contributed by atoms with Gasteiger partial charge in [-0.1, -0.05) is 0 Å². The van der Waals surface area contributed by atoms with E-state index in [0.717, 1.165) is 19.4 Å². The fourth-order valence-corrected chi connectivity index (χ4v) is 3.43. The normalized spacial score (nSPS) is 26.0. The van der Waals surface area contributed by atoms with Gasteiger partial charge in [-0.15, -0.1) is 0 Å². The predicted octanol–water partition coefficient (Wildman–Crippen LogP) is 0.698. The number of amides is 2.